The minimum atomic E-state index is 0.274. The van der Waals surface area contributed by atoms with Gasteiger partial charge in [-0.1, -0.05) is 17.7 Å². The van der Waals surface area contributed by atoms with Crippen molar-refractivity contribution in [1.82, 2.24) is 0 Å². The van der Waals surface area contributed by atoms with Crippen molar-refractivity contribution in [1.29, 1.82) is 0 Å². The van der Waals surface area contributed by atoms with Crippen LogP contribution < -0.4 is 5.73 Å². The van der Waals surface area contributed by atoms with Gasteiger partial charge in [0, 0.05) is 16.7 Å². The van der Waals surface area contributed by atoms with Crippen molar-refractivity contribution in [2.24, 2.45) is 5.73 Å². The number of hydrogen-bond acceptors (Lipinski definition) is 3. The van der Waals surface area contributed by atoms with Crippen molar-refractivity contribution in [2.45, 2.75) is 30.7 Å². The van der Waals surface area contributed by atoms with Crippen LogP contribution in [0.4, 0.5) is 0 Å². The molecule has 2 aromatic rings. The summed E-state index contributed by atoms with van der Waals surface area (Å²) in [6, 6.07) is 11.1. The molecule has 0 spiro atoms. The molecule has 1 atom stereocenters. The Balaban J connectivity index is 1.71. The molecule has 1 aromatic carbocycles. The highest BCUT2D eigenvalue weighted by atomic mass is 32.2. The van der Waals surface area contributed by atoms with E-state index in [-0.39, 0.29) is 6.04 Å². The average Bonchev–Trinajstić information content (AvgIpc) is 2.89. The molecule has 1 aromatic heterocycles. The Morgan fingerprint density at radius 3 is 2.67 bits per heavy atom. The SMILES string of the molecule is Cc1ccc(SCC(N)CCc2ccsc2)cc1. The van der Waals surface area contributed by atoms with Crippen molar-refractivity contribution in [3.8, 4) is 0 Å². The number of hydrogen-bond donors (Lipinski definition) is 1. The van der Waals surface area contributed by atoms with Gasteiger partial charge < -0.3 is 5.73 Å². The summed E-state index contributed by atoms with van der Waals surface area (Å²) in [6.45, 7) is 2.11. The number of rotatable bonds is 6. The largest absolute Gasteiger partial charge is 0.327 e. The first-order valence-electron chi connectivity index (χ1n) is 6.20. The van der Waals surface area contributed by atoms with E-state index in [1.807, 2.05) is 11.8 Å². The van der Waals surface area contributed by atoms with Gasteiger partial charge in [-0.05, 0) is 54.3 Å². The van der Waals surface area contributed by atoms with Gasteiger partial charge in [-0.2, -0.15) is 11.3 Å². The van der Waals surface area contributed by atoms with Gasteiger partial charge in [0.25, 0.3) is 0 Å². The topological polar surface area (TPSA) is 26.0 Å². The fourth-order valence-electron chi connectivity index (χ4n) is 1.71. The Labute approximate surface area is 117 Å². The Bertz CT molecular complexity index is 448. The minimum absolute atomic E-state index is 0.274. The molecule has 0 saturated carbocycles. The molecule has 1 unspecified atom stereocenters. The van der Waals surface area contributed by atoms with E-state index in [2.05, 4.69) is 48.0 Å². The average molecular weight is 277 g/mol. The molecule has 2 N–H and O–H groups in total. The smallest absolute Gasteiger partial charge is 0.0137 e. The van der Waals surface area contributed by atoms with Gasteiger partial charge >= 0.3 is 0 Å². The fourth-order valence-corrected chi connectivity index (χ4v) is 3.31. The zero-order valence-electron chi connectivity index (χ0n) is 10.6. The van der Waals surface area contributed by atoms with Gasteiger partial charge in [0.05, 0.1) is 0 Å². The Hall–Kier alpha value is -0.770. The van der Waals surface area contributed by atoms with Gasteiger partial charge in [-0.3, -0.25) is 0 Å². The Kier molecular flexibility index (Phi) is 5.29. The van der Waals surface area contributed by atoms with E-state index in [1.165, 1.54) is 16.0 Å². The molecule has 0 radical (unpaired) electrons. The number of thioether (sulfide) groups is 1. The summed E-state index contributed by atoms with van der Waals surface area (Å²) in [7, 11) is 0. The summed E-state index contributed by atoms with van der Waals surface area (Å²) >= 11 is 3.61. The van der Waals surface area contributed by atoms with E-state index < -0.39 is 0 Å². The second-order valence-electron chi connectivity index (χ2n) is 4.55. The van der Waals surface area contributed by atoms with Crippen LogP contribution in [0.5, 0.6) is 0 Å². The zero-order valence-corrected chi connectivity index (χ0v) is 12.3. The first-order valence-corrected chi connectivity index (χ1v) is 8.13. The summed E-state index contributed by atoms with van der Waals surface area (Å²) in [5.74, 6) is 0.993. The normalized spacial score (nSPS) is 12.6. The van der Waals surface area contributed by atoms with Crippen LogP contribution >= 0.6 is 23.1 Å². The lowest BCUT2D eigenvalue weighted by atomic mass is 10.1. The van der Waals surface area contributed by atoms with E-state index in [0.29, 0.717) is 0 Å². The highest BCUT2D eigenvalue weighted by molar-refractivity contribution is 7.99. The van der Waals surface area contributed by atoms with Crippen LogP contribution in [0.3, 0.4) is 0 Å². The molecular weight excluding hydrogens is 258 g/mol. The van der Waals surface area contributed by atoms with Gasteiger partial charge in [0.2, 0.25) is 0 Å². The van der Waals surface area contributed by atoms with E-state index >= 15 is 0 Å². The summed E-state index contributed by atoms with van der Waals surface area (Å²) < 4.78 is 0. The molecule has 0 saturated heterocycles. The zero-order chi connectivity index (χ0) is 12.8. The van der Waals surface area contributed by atoms with Crippen LogP contribution in [-0.2, 0) is 6.42 Å². The van der Waals surface area contributed by atoms with Crippen LogP contribution in [0.2, 0.25) is 0 Å². The fraction of sp³-hybridized carbons (Fsp3) is 0.333. The summed E-state index contributed by atoms with van der Waals surface area (Å²) in [6.07, 6.45) is 2.16. The monoisotopic (exact) mass is 277 g/mol. The first kappa shape index (κ1) is 13.7. The Morgan fingerprint density at radius 1 is 1.22 bits per heavy atom. The number of thiophene rings is 1. The molecular formula is C15H19NS2. The molecule has 0 aliphatic rings. The van der Waals surface area contributed by atoms with Crippen molar-refractivity contribution in [3.63, 3.8) is 0 Å². The third-order valence-corrected chi connectivity index (χ3v) is 4.80. The predicted molar refractivity (Wildman–Crippen MR) is 82.5 cm³/mol. The summed E-state index contributed by atoms with van der Waals surface area (Å²) in [5, 5.41) is 4.34. The molecule has 0 aliphatic heterocycles. The van der Waals surface area contributed by atoms with Crippen molar-refractivity contribution in [3.05, 3.63) is 52.2 Å². The van der Waals surface area contributed by atoms with Crippen LogP contribution in [0, 0.1) is 6.92 Å². The molecule has 0 fully saturated rings. The third-order valence-electron chi connectivity index (χ3n) is 2.87. The van der Waals surface area contributed by atoms with Crippen molar-refractivity contribution < 1.29 is 0 Å². The lowest BCUT2D eigenvalue weighted by Crippen LogP contribution is -2.23. The standard InChI is InChI=1S/C15H19NS2/c1-12-2-6-15(7-3-12)18-11-14(16)5-4-13-8-9-17-10-13/h2-3,6-10,14H,4-5,11,16H2,1H3. The molecule has 3 heteroatoms. The Morgan fingerprint density at radius 2 is 2.00 bits per heavy atom. The van der Waals surface area contributed by atoms with Crippen LogP contribution in [0.25, 0.3) is 0 Å². The second kappa shape index (κ2) is 6.98. The number of benzene rings is 1. The molecule has 0 bridgehead atoms. The third kappa shape index (κ3) is 4.48. The van der Waals surface area contributed by atoms with E-state index in [0.717, 1.165) is 18.6 Å². The van der Waals surface area contributed by atoms with Gasteiger partial charge in [0.1, 0.15) is 0 Å². The van der Waals surface area contributed by atoms with E-state index in [9.17, 15) is 0 Å². The maximum absolute atomic E-state index is 6.15. The summed E-state index contributed by atoms with van der Waals surface area (Å²) in [4.78, 5) is 1.31. The van der Waals surface area contributed by atoms with E-state index in [4.69, 9.17) is 5.73 Å². The van der Waals surface area contributed by atoms with Crippen molar-refractivity contribution in [2.75, 3.05) is 5.75 Å². The quantitative estimate of drug-likeness (QED) is 0.804. The van der Waals surface area contributed by atoms with Gasteiger partial charge in [-0.25, -0.2) is 0 Å². The highest BCUT2D eigenvalue weighted by Crippen LogP contribution is 2.20. The van der Waals surface area contributed by atoms with Crippen LogP contribution in [0.1, 0.15) is 17.5 Å². The number of aryl methyl sites for hydroxylation is 2. The van der Waals surface area contributed by atoms with Gasteiger partial charge in [-0.15, -0.1) is 11.8 Å². The summed E-state index contributed by atoms with van der Waals surface area (Å²) in [5.41, 5.74) is 8.87. The molecule has 0 aliphatic carbocycles. The first-order chi connectivity index (χ1) is 8.74. The molecule has 2 rings (SSSR count). The molecule has 1 nitrogen and oxygen atoms in total. The van der Waals surface area contributed by atoms with E-state index in [1.54, 1.807) is 11.3 Å². The molecule has 18 heavy (non-hydrogen) atoms. The molecule has 1 heterocycles. The van der Waals surface area contributed by atoms with Gasteiger partial charge in [0.15, 0.2) is 0 Å². The van der Waals surface area contributed by atoms with Crippen LogP contribution in [0.15, 0.2) is 46.0 Å². The number of nitrogens with two attached hydrogens (primary N) is 1. The maximum atomic E-state index is 6.15. The molecule has 96 valence electrons. The lowest BCUT2D eigenvalue weighted by molar-refractivity contribution is 0.675. The lowest BCUT2D eigenvalue weighted by Gasteiger charge is -2.10. The van der Waals surface area contributed by atoms with Crippen LogP contribution in [-0.4, -0.2) is 11.8 Å². The maximum Gasteiger partial charge on any atom is 0.0137 e. The molecule has 0 amide bonds. The predicted octanol–water partition coefficient (Wildman–Crippen LogP) is 4.11. The van der Waals surface area contributed by atoms with Crippen molar-refractivity contribution >= 4 is 23.1 Å². The highest BCUT2D eigenvalue weighted by Gasteiger charge is 2.04. The second-order valence-corrected chi connectivity index (χ2v) is 6.43. The minimum Gasteiger partial charge on any atom is -0.327 e.